The number of benzene rings is 2. The van der Waals surface area contributed by atoms with Crippen LogP contribution in [-0.2, 0) is 9.59 Å². The maximum atomic E-state index is 12.4. The van der Waals surface area contributed by atoms with Crippen LogP contribution in [0.1, 0.15) is 17.0 Å². The molecule has 3 N–H and O–H groups in total. The van der Waals surface area contributed by atoms with Crippen molar-refractivity contribution in [1.82, 2.24) is 10.7 Å². The quantitative estimate of drug-likeness (QED) is 0.425. The number of carbonyl (C=O) groups is 2. The lowest BCUT2D eigenvalue weighted by molar-refractivity contribution is -0.133. The van der Waals surface area contributed by atoms with E-state index in [1.165, 1.54) is 18.3 Å². The van der Waals surface area contributed by atoms with E-state index in [4.69, 9.17) is 23.2 Å². The van der Waals surface area contributed by atoms with Crippen LogP contribution in [0.4, 0.5) is 0 Å². The molecule has 0 bridgehead atoms. The predicted octanol–water partition coefficient (Wildman–Crippen LogP) is 2.68. The number of halogens is 2. The number of phenols is 1. The van der Waals surface area contributed by atoms with Gasteiger partial charge in [-0.2, -0.15) is 5.10 Å². The predicted molar refractivity (Wildman–Crippen MR) is 99.5 cm³/mol. The van der Waals surface area contributed by atoms with Crippen LogP contribution in [-0.4, -0.2) is 29.7 Å². The molecule has 0 aliphatic carbocycles. The van der Waals surface area contributed by atoms with Crippen molar-refractivity contribution < 1.29 is 14.7 Å². The summed E-state index contributed by atoms with van der Waals surface area (Å²) in [6.45, 7) is 0.384. The lowest BCUT2D eigenvalue weighted by atomic mass is 9.88. The van der Waals surface area contributed by atoms with Crippen molar-refractivity contribution in [3.63, 3.8) is 0 Å². The van der Waals surface area contributed by atoms with Gasteiger partial charge in [0.2, 0.25) is 5.91 Å². The fraction of sp³-hybridized carbons (Fsp3) is 0.167. The van der Waals surface area contributed by atoms with E-state index < -0.39 is 11.8 Å². The fourth-order valence-corrected chi connectivity index (χ4v) is 3.36. The van der Waals surface area contributed by atoms with Gasteiger partial charge in [-0.25, -0.2) is 5.43 Å². The topological polar surface area (TPSA) is 90.8 Å². The monoisotopic (exact) mass is 391 g/mol. The molecule has 8 heteroatoms. The number of hydrogen-bond donors (Lipinski definition) is 3. The van der Waals surface area contributed by atoms with E-state index >= 15 is 0 Å². The molecule has 26 heavy (non-hydrogen) atoms. The Balaban J connectivity index is 1.74. The maximum Gasteiger partial charge on any atom is 0.253 e. The summed E-state index contributed by atoms with van der Waals surface area (Å²) in [5, 5.41) is 16.8. The van der Waals surface area contributed by atoms with Gasteiger partial charge in [0, 0.05) is 23.0 Å². The van der Waals surface area contributed by atoms with Crippen molar-refractivity contribution in [3.8, 4) is 5.75 Å². The molecule has 2 aromatic carbocycles. The third kappa shape index (κ3) is 3.81. The van der Waals surface area contributed by atoms with Crippen molar-refractivity contribution in [2.75, 3.05) is 6.54 Å². The highest BCUT2D eigenvalue weighted by Crippen LogP contribution is 2.30. The Morgan fingerprint density at radius 1 is 1.27 bits per heavy atom. The van der Waals surface area contributed by atoms with E-state index in [1.54, 1.807) is 0 Å². The van der Waals surface area contributed by atoms with Crippen molar-refractivity contribution >= 4 is 41.2 Å². The molecule has 1 fully saturated rings. The van der Waals surface area contributed by atoms with Gasteiger partial charge < -0.3 is 10.4 Å². The van der Waals surface area contributed by atoms with Crippen LogP contribution in [0.3, 0.4) is 0 Å². The van der Waals surface area contributed by atoms with E-state index in [0.29, 0.717) is 11.6 Å². The summed E-state index contributed by atoms with van der Waals surface area (Å²) in [5.74, 6) is -2.23. The lowest BCUT2D eigenvalue weighted by Gasteiger charge is -2.15. The van der Waals surface area contributed by atoms with Crippen molar-refractivity contribution in [2.24, 2.45) is 11.0 Å². The van der Waals surface area contributed by atoms with E-state index in [9.17, 15) is 14.7 Å². The van der Waals surface area contributed by atoms with Gasteiger partial charge >= 0.3 is 0 Å². The number of hydrazone groups is 1. The summed E-state index contributed by atoms with van der Waals surface area (Å²) in [5.41, 5.74) is 3.49. The Kier molecular flexibility index (Phi) is 5.44. The zero-order valence-electron chi connectivity index (χ0n) is 13.4. The molecule has 2 amide bonds. The third-order valence-corrected chi connectivity index (χ3v) is 4.63. The molecule has 0 aromatic heterocycles. The highest BCUT2D eigenvalue weighted by Gasteiger charge is 2.40. The molecular weight excluding hydrogens is 377 g/mol. The van der Waals surface area contributed by atoms with Gasteiger partial charge in [-0.1, -0.05) is 53.5 Å². The Labute approximate surface area is 159 Å². The molecule has 6 nitrogen and oxygen atoms in total. The minimum atomic E-state index is -0.883. The average molecular weight is 392 g/mol. The molecule has 1 aliphatic rings. The molecule has 2 aromatic rings. The Morgan fingerprint density at radius 3 is 2.73 bits per heavy atom. The second-order valence-corrected chi connectivity index (χ2v) is 6.64. The number of nitrogens with one attached hydrogen (secondary N) is 2. The highest BCUT2D eigenvalue weighted by atomic mass is 35.5. The van der Waals surface area contributed by atoms with Gasteiger partial charge in [-0.15, -0.1) is 0 Å². The molecule has 0 radical (unpaired) electrons. The molecule has 3 rings (SSSR count). The van der Waals surface area contributed by atoms with Crippen LogP contribution in [0.15, 0.2) is 47.6 Å². The summed E-state index contributed by atoms with van der Waals surface area (Å²) in [7, 11) is 0. The van der Waals surface area contributed by atoms with Crippen LogP contribution in [0.25, 0.3) is 0 Å². The van der Waals surface area contributed by atoms with E-state index in [2.05, 4.69) is 15.8 Å². The zero-order valence-corrected chi connectivity index (χ0v) is 15.0. The smallest absolute Gasteiger partial charge is 0.253 e. The van der Waals surface area contributed by atoms with Crippen LogP contribution in [0.2, 0.25) is 10.0 Å². The molecule has 2 atom stereocenters. The van der Waals surface area contributed by atoms with Gasteiger partial charge in [0.1, 0.15) is 11.7 Å². The van der Waals surface area contributed by atoms with Gasteiger partial charge in [0.15, 0.2) is 0 Å². The van der Waals surface area contributed by atoms with Gasteiger partial charge in [0.05, 0.1) is 11.2 Å². The van der Waals surface area contributed by atoms with Crippen LogP contribution in [0, 0.1) is 5.92 Å². The first-order valence-corrected chi connectivity index (χ1v) is 8.56. The molecule has 1 heterocycles. The van der Waals surface area contributed by atoms with Gasteiger partial charge in [-0.05, 0) is 17.7 Å². The standard InChI is InChI=1S/C18H15Cl2N3O3/c19-12-6-11(16(24)14(20)7-12)8-22-23-18(26)15-13(9-21-17(15)25)10-4-2-1-3-5-10/h1-8,13,15,24H,9H2,(H,21,25)(H,23,26)/t13-,15-/m0/s1. The lowest BCUT2D eigenvalue weighted by Crippen LogP contribution is -2.34. The van der Waals surface area contributed by atoms with Crippen molar-refractivity contribution in [2.45, 2.75) is 5.92 Å². The molecule has 0 unspecified atom stereocenters. The number of rotatable bonds is 4. The summed E-state index contributed by atoms with van der Waals surface area (Å²) < 4.78 is 0. The summed E-state index contributed by atoms with van der Waals surface area (Å²) in [4.78, 5) is 24.5. The molecular formula is C18H15Cl2N3O3. The molecule has 0 spiro atoms. The van der Waals surface area contributed by atoms with Crippen molar-refractivity contribution in [3.05, 3.63) is 63.6 Å². The minimum Gasteiger partial charge on any atom is -0.506 e. The second kappa shape index (κ2) is 7.76. The third-order valence-electron chi connectivity index (χ3n) is 4.13. The molecule has 134 valence electrons. The number of phenolic OH excluding ortho intramolecular Hbond substituents is 1. The molecule has 1 aliphatic heterocycles. The van der Waals surface area contributed by atoms with Gasteiger partial charge in [0.25, 0.3) is 5.91 Å². The molecule has 1 saturated heterocycles. The normalized spacial score (nSPS) is 19.5. The second-order valence-electron chi connectivity index (χ2n) is 5.80. The number of amides is 2. The van der Waals surface area contributed by atoms with Crippen LogP contribution in [0.5, 0.6) is 5.75 Å². The number of carbonyl (C=O) groups excluding carboxylic acids is 2. The molecule has 0 saturated carbocycles. The largest absolute Gasteiger partial charge is 0.506 e. The van der Waals surface area contributed by atoms with Crippen molar-refractivity contribution in [1.29, 1.82) is 0 Å². The Morgan fingerprint density at radius 2 is 2.00 bits per heavy atom. The maximum absolute atomic E-state index is 12.4. The summed E-state index contributed by atoms with van der Waals surface area (Å²) in [6, 6.07) is 12.2. The number of nitrogens with zero attached hydrogens (tertiary/aromatic N) is 1. The first-order chi connectivity index (χ1) is 12.5. The first-order valence-electron chi connectivity index (χ1n) is 7.81. The average Bonchev–Trinajstić information content (AvgIpc) is 3.01. The van der Waals surface area contributed by atoms with E-state index in [-0.39, 0.29) is 28.2 Å². The van der Waals surface area contributed by atoms with Crippen LogP contribution < -0.4 is 10.7 Å². The highest BCUT2D eigenvalue weighted by molar-refractivity contribution is 6.36. The SMILES string of the molecule is O=C1NC[C@@H](c2ccccc2)[C@@H]1C(=O)NN=Cc1cc(Cl)cc(Cl)c1O. The minimum absolute atomic E-state index is 0.0737. The summed E-state index contributed by atoms with van der Waals surface area (Å²) in [6.07, 6.45) is 1.22. The summed E-state index contributed by atoms with van der Waals surface area (Å²) >= 11 is 11.7. The first kappa shape index (κ1) is 18.2. The Bertz CT molecular complexity index is 871. The van der Waals surface area contributed by atoms with E-state index in [1.807, 2.05) is 30.3 Å². The van der Waals surface area contributed by atoms with E-state index in [0.717, 1.165) is 5.56 Å². The Hall–Kier alpha value is -2.57. The number of hydrogen-bond acceptors (Lipinski definition) is 4. The van der Waals surface area contributed by atoms with Crippen LogP contribution >= 0.6 is 23.2 Å². The fourth-order valence-electron chi connectivity index (χ4n) is 2.85. The van der Waals surface area contributed by atoms with Gasteiger partial charge in [-0.3, -0.25) is 9.59 Å². The number of aromatic hydroxyl groups is 1. The zero-order chi connectivity index (χ0) is 18.7.